The Morgan fingerprint density at radius 3 is 2.27 bits per heavy atom. The zero-order valence-electron chi connectivity index (χ0n) is 12.1. The van der Waals surface area contributed by atoms with Crippen molar-refractivity contribution in [2.45, 2.75) is 19.0 Å². The van der Waals surface area contributed by atoms with E-state index in [-0.39, 0.29) is 19.0 Å². The van der Waals surface area contributed by atoms with Crippen molar-refractivity contribution in [1.82, 2.24) is 0 Å². The molecular weight excluding hydrogens is 311 g/mol. The third-order valence-corrected chi connectivity index (χ3v) is 5.02. The molecule has 0 spiro atoms. The van der Waals surface area contributed by atoms with Gasteiger partial charge >= 0.3 is 11.9 Å². The normalized spacial score (nSPS) is 14.8. The third-order valence-electron chi connectivity index (χ3n) is 3.15. The van der Waals surface area contributed by atoms with E-state index in [1.807, 2.05) is 0 Å². The van der Waals surface area contributed by atoms with E-state index in [1.165, 1.54) is 7.11 Å². The summed E-state index contributed by atoms with van der Waals surface area (Å²) < 4.78 is 17.2. The Bertz CT molecular complexity index is 567. The highest BCUT2D eigenvalue weighted by atomic mass is 31.2. The smallest absolute Gasteiger partial charge is 0.307 e. The van der Waals surface area contributed by atoms with E-state index < -0.39 is 31.4 Å². The van der Waals surface area contributed by atoms with Crippen LogP contribution >= 0.6 is 7.37 Å². The molecule has 0 bridgehead atoms. The van der Waals surface area contributed by atoms with Crippen LogP contribution in [0, 0.1) is 5.92 Å². The van der Waals surface area contributed by atoms with E-state index in [2.05, 4.69) is 0 Å². The quantitative estimate of drug-likeness (QED) is 0.592. The first-order valence-electron chi connectivity index (χ1n) is 6.62. The van der Waals surface area contributed by atoms with Crippen molar-refractivity contribution >= 4 is 19.3 Å². The zero-order chi connectivity index (χ0) is 16.8. The fourth-order valence-corrected chi connectivity index (χ4v) is 3.95. The van der Waals surface area contributed by atoms with Gasteiger partial charge in [-0.3, -0.25) is 14.2 Å². The van der Waals surface area contributed by atoms with E-state index in [0.29, 0.717) is 11.3 Å². The van der Waals surface area contributed by atoms with E-state index in [0.717, 1.165) is 0 Å². The molecule has 8 heteroatoms. The lowest BCUT2D eigenvalue weighted by atomic mass is 10.1. The van der Waals surface area contributed by atoms with Gasteiger partial charge in [-0.25, -0.2) is 0 Å². The van der Waals surface area contributed by atoms with Gasteiger partial charge in [0.25, 0.3) is 0 Å². The summed E-state index contributed by atoms with van der Waals surface area (Å²) in [5, 5.41) is 17.6. The molecule has 122 valence electrons. The number of carboxylic acids is 2. The van der Waals surface area contributed by atoms with E-state index in [9.17, 15) is 19.0 Å². The van der Waals surface area contributed by atoms with Gasteiger partial charge in [0.15, 0.2) is 0 Å². The first-order chi connectivity index (χ1) is 10.2. The Kier molecular flexibility index (Phi) is 6.59. The highest BCUT2D eigenvalue weighted by Gasteiger charge is 2.29. The SMILES string of the molecule is COc1ccc(CP(=O)(O)C[C@@H](CCC(=O)O)C(=O)O)cc1. The average molecular weight is 330 g/mol. The fourth-order valence-electron chi connectivity index (χ4n) is 2.02. The van der Waals surface area contributed by atoms with Gasteiger partial charge in [0, 0.05) is 18.7 Å². The van der Waals surface area contributed by atoms with Crippen LogP contribution in [0.1, 0.15) is 18.4 Å². The molecule has 0 radical (unpaired) electrons. The number of ether oxygens (including phenoxy) is 1. The van der Waals surface area contributed by atoms with Crippen LogP contribution in [0.4, 0.5) is 0 Å². The molecule has 7 nitrogen and oxygen atoms in total. The van der Waals surface area contributed by atoms with Crippen LogP contribution in [0.15, 0.2) is 24.3 Å². The van der Waals surface area contributed by atoms with Crippen molar-refractivity contribution in [3.8, 4) is 5.75 Å². The second-order valence-electron chi connectivity index (χ2n) is 5.00. The van der Waals surface area contributed by atoms with Crippen LogP contribution in [0.25, 0.3) is 0 Å². The molecule has 0 aliphatic rings. The van der Waals surface area contributed by atoms with Gasteiger partial charge in [0.05, 0.1) is 13.0 Å². The standard InChI is InChI=1S/C14H19O7P/c1-21-12-5-2-10(3-6-12)8-22(19,20)9-11(14(17)18)4-7-13(15)16/h2-3,5-6,11H,4,7-9H2,1H3,(H,15,16)(H,17,18)(H,19,20)/t11-/m1/s1. The van der Waals surface area contributed by atoms with Crippen LogP contribution in [-0.4, -0.2) is 40.3 Å². The van der Waals surface area contributed by atoms with Crippen LogP contribution in [0.3, 0.4) is 0 Å². The number of rotatable bonds is 9. The van der Waals surface area contributed by atoms with Gasteiger partial charge in [-0.2, -0.15) is 0 Å². The summed E-state index contributed by atoms with van der Waals surface area (Å²) in [5.41, 5.74) is 0.592. The maximum absolute atomic E-state index is 12.2. The summed E-state index contributed by atoms with van der Waals surface area (Å²) in [6.45, 7) is 0. The van der Waals surface area contributed by atoms with Crippen molar-refractivity contribution in [2.75, 3.05) is 13.3 Å². The highest BCUT2D eigenvalue weighted by molar-refractivity contribution is 7.57. The molecule has 1 rings (SSSR count). The molecule has 0 aliphatic heterocycles. The minimum absolute atomic E-state index is 0.159. The Morgan fingerprint density at radius 2 is 1.82 bits per heavy atom. The van der Waals surface area contributed by atoms with Crippen LogP contribution in [0.5, 0.6) is 5.75 Å². The summed E-state index contributed by atoms with van der Waals surface area (Å²) in [6.07, 6.45) is -1.12. The predicted octanol–water partition coefficient (Wildman–Crippen LogP) is 2.03. The second kappa shape index (κ2) is 7.96. The minimum atomic E-state index is -3.72. The number of hydrogen-bond donors (Lipinski definition) is 3. The average Bonchev–Trinajstić information content (AvgIpc) is 2.43. The first-order valence-corrected chi connectivity index (χ1v) is 8.65. The monoisotopic (exact) mass is 330 g/mol. The van der Waals surface area contributed by atoms with Crippen molar-refractivity contribution in [3.05, 3.63) is 29.8 Å². The van der Waals surface area contributed by atoms with Gasteiger partial charge in [0.1, 0.15) is 5.75 Å². The summed E-state index contributed by atoms with van der Waals surface area (Å²) in [6, 6.07) is 6.56. The maximum Gasteiger partial charge on any atom is 0.307 e. The molecule has 0 aromatic heterocycles. The van der Waals surface area contributed by atoms with Gasteiger partial charge in [-0.05, 0) is 24.1 Å². The highest BCUT2D eigenvalue weighted by Crippen LogP contribution is 2.47. The molecular formula is C14H19O7P. The molecule has 0 saturated carbocycles. The van der Waals surface area contributed by atoms with Crippen LogP contribution in [0.2, 0.25) is 0 Å². The number of aliphatic carboxylic acids is 2. The van der Waals surface area contributed by atoms with E-state index in [1.54, 1.807) is 24.3 Å². The molecule has 0 fully saturated rings. The van der Waals surface area contributed by atoms with E-state index >= 15 is 0 Å². The fraction of sp³-hybridized carbons (Fsp3) is 0.429. The summed E-state index contributed by atoms with van der Waals surface area (Å²) in [5.74, 6) is -2.92. The number of benzene rings is 1. The number of hydrogen-bond acceptors (Lipinski definition) is 4. The van der Waals surface area contributed by atoms with Crippen LogP contribution < -0.4 is 4.74 Å². The van der Waals surface area contributed by atoms with Gasteiger partial charge in [-0.15, -0.1) is 0 Å². The third kappa shape index (κ3) is 6.28. The number of methoxy groups -OCH3 is 1. The summed E-state index contributed by atoms with van der Waals surface area (Å²) in [7, 11) is -2.22. The molecule has 1 aromatic rings. The predicted molar refractivity (Wildman–Crippen MR) is 79.4 cm³/mol. The lowest BCUT2D eigenvalue weighted by molar-refractivity contribution is -0.142. The molecule has 0 aliphatic carbocycles. The maximum atomic E-state index is 12.2. The summed E-state index contributed by atoms with van der Waals surface area (Å²) >= 11 is 0. The van der Waals surface area contributed by atoms with Crippen molar-refractivity contribution in [2.24, 2.45) is 5.92 Å². The minimum Gasteiger partial charge on any atom is -0.497 e. The lowest BCUT2D eigenvalue weighted by Gasteiger charge is -2.17. The number of carboxylic acid groups (broad SMARTS) is 2. The zero-order valence-corrected chi connectivity index (χ0v) is 13.0. The lowest BCUT2D eigenvalue weighted by Crippen LogP contribution is -2.19. The molecule has 0 heterocycles. The number of carbonyl (C=O) groups is 2. The Hall–Kier alpha value is -1.85. The molecule has 0 amide bonds. The van der Waals surface area contributed by atoms with Crippen molar-refractivity contribution in [1.29, 1.82) is 0 Å². The van der Waals surface area contributed by atoms with Crippen molar-refractivity contribution in [3.63, 3.8) is 0 Å². The van der Waals surface area contributed by atoms with E-state index in [4.69, 9.17) is 14.9 Å². The second-order valence-corrected chi connectivity index (χ2v) is 7.38. The molecule has 2 atom stereocenters. The summed E-state index contributed by atoms with van der Waals surface area (Å²) in [4.78, 5) is 31.6. The molecule has 0 saturated heterocycles. The first kappa shape index (κ1) is 18.2. The molecule has 1 unspecified atom stereocenters. The Balaban J connectivity index is 2.71. The topological polar surface area (TPSA) is 121 Å². The Labute approximate surface area is 128 Å². The van der Waals surface area contributed by atoms with Crippen LogP contribution in [-0.2, 0) is 20.3 Å². The molecule has 3 N–H and O–H groups in total. The van der Waals surface area contributed by atoms with Gasteiger partial charge in [-0.1, -0.05) is 12.1 Å². The van der Waals surface area contributed by atoms with Gasteiger partial charge < -0.3 is 19.8 Å². The molecule has 1 aromatic carbocycles. The van der Waals surface area contributed by atoms with Gasteiger partial charge in [0.2, 0.25) is 7.37 Å². The largest absolute Gasteiger partial charge is 0.497 e. The van der Waals surface area contributed by atoms with Crippen molar-refractivity contribution < 1.29 is 34.0 Å². The Morgan fingerprint density at radius 1 is 1.23 bits per heavy atom. The molecule has 22 heavy (non-hydrogen) atoms.